The van der Waals surface area contributed by atoms with Gasteiger partial charge in [-0.3, -0.25) is 9.69 Å². The van der Waals surface area contributed by atoms with Crippen molar-refractivity contribution in [2.24, 2.45) is 0 Å². The lowest BCUT2D eigenvalue weighted by Gasteiger charge is -2.27. The number of nitrogens with zero attached hydrogens (tertiary/aromatic N) is 2. The normalized spacial score (nSPS) is 24.2. The minimum absolute atomic E-state index is 0.0420. The van der Waals surface area contributed by atoms with Crippen molar-refractivity contribution in [3.05, 3.63) is 23.8 Å². The van der Waals surface area contributed by atoms with Crippen molar-refractivity contribution in [1.82, 2.24) is 10.2 Å². The Labute approximate surface area is 160 Å². The molecule has 1 aromatic rings. The fourth-order valence-corrected chi connectivity index (χ4v) is 4.51. The first kappa shape index (κ1) is 18.1. The Morgan fingerprint density at radius 1 is 1.19 bits per heavy atom. The van der Waals surface area contributed by atoms with E-state index < -0.39 is 5.54 Å². The van der Waals surface area contributed by atoms with Crippen molar-refractivity contribution in [3.63, 3.8) is 0 Å². The maximum atomic E-state index is 12.6. The van der Waals surface area contributed by atoms with Crippen LogP contribution in [0.25, 0.3) is 0 Å². The Kier molecular flexibility index (Phi) is 5.22. The van der Waals surface area contributed by atoms with Gasteiger partial charge in [0.1, 0.15) is 5.54 Å². The summed E-state index contributed by atoms with van der Waals surface area (Å²) in [7, 11) is 0. The number of nitrogens with one attached hydrogen (secondary N) is 1. The van der Waals surface area contributed by atoms with Crippen molar-refractivity contribution < 1.29 is 14.3 Å². The molecule has 3 aliphatic rings. The number of nitriles is 1. The number of carbonyl (C=O) groups excluding carboxylic acids is 1. The molecule has 144 valence electrons. The zero-order valence-electron chi connectivity index (χ0n) is 15.7. The highest BCUT2D eigenvalue weighted by molar-refractivity contribution is 5.79. The third kappa shape index (κ3) is 3.89. The summed E-state index contributed by atoms with van der Waals surface area (Å²) in [5.74, 6) is 1.56. The molecule has 1 aliphatic carbocycles. The molecule has 4 rings (SSSR count). The number of fused-ring (bicyclic) bond motifs is 1. The molecule has 0 aromatic heterocycles. The summed E-state index contributed by atoms with van der Waals surface area (Å²) < 4.78 is 11.5. The smallest absolute Gasteiger partial charge is 0.235 e. The van der Waals surface area contributed by atoms with E-state index in [9.17, 15) is 10.1 Å². The summed E-state index contributed by atoms with van der Waals surface area (Å²) in [4.78, 5) is 14.8. The molecule has 1 saturated heterocycles. The van der Waals surface area contributed by atoms with Crippen LogP contribution in [0.3, 0.4) is 0 Å². The van der Waals surface area contributed by atoms with Crippen LogP contribution in [0.15, 0.2) is 18.2 Å². The number of hydrogen-bond donors (Lipinski definition) is 1. The fraction of sp³-hybridized carbons (Fsp3) is 0.619. The molecule has 1 atom stereocenters. The first-order chi connectivity index (χ1) is 13.2. The average molecular weight is 369 g/mol. The van der Waals surface area contributed by atoms with Gasteiger partial charge in [-0.2, -0.15) is 5.26 Å². The van der Waals surface area contributed by atoms with Crippen LogP contribution in [0.4, 0.5) is 0 Å². The monoisotopic (exact) mass is 369 g/mol. The summed E-state index contributed by atoms with van der Waals surface area (Å²) >= 11 is 0. The number of ether oxygens (including phenoxy) is 2. The molecule has 0 spiro atoms. The van der Waals surface area contributed by atoms with Gasteiger partial charge in [0.15, 0.2) is 11.5 Å². The molecule has 27 heavy (non-hydrogen) atoms. The number of carbonyl (C=O) groups is 1. The minimum Gasteiger partial charge on any atom is -0.490 e. The number of rotatable bonds is 4. The van der Waals surface area contributed by atoms with Crippen molar-refractivity contribution >= 4 is 5.91 Å². The summed E-state index contributed by atoms with van der Waals surface area (Å²) in [5, 5.41) is 12.5. The fourth-order valence-electron chi connectivity index (χ4n) is 4.51. The van der Waals surface area contributed by atoms with E-state index in [0.29, 0.717) is 19.8 Å². The van der Waals surface area contributed by atoms with Gasteiger partial charge in [0.2, 0.25) is 5.91 Å². The van der Waals surface area contributed by atoms with E-state index in [0.717, 1.165) is 63.0 Å². The molecule has 0 radical (unpaired) electrons. The Balaban J connectivity index is 1.44. The maximum Gasteiger partial charge on any atom is 0.235 e. The van der Waals surface area contributed by atoms with E-state index in [2.05, 4.69) is 28.4 Å². The van der Waals surface area contributed by atoms with Gasteiger partial charge in [-0.15, -0.1) is 0 Å². The predicted octanol–water partition coefficient (Wildman–Crippen LogP) is 2.94. The van der Waals surface area contributed by atoms with E-state index in [1.807, 2.05) is 6.07 Å². The van der Waals surface area contributed by atoms with Crippen LogP contribution in [0, 0.1) is 11.3 Å². The number of benzene rings is 1. The third-order valence-electron chi connectivity index (χ3n) is 5.92. The van der Waals surface area contributed by atoms with Crippen LogP contribution in [0.2, 0.25) is 0 Å². The number of hydrogen-bond acceptors (Lipinski definition) is 5. The van der Waals surface area contributed by atoms with Gasteiger partial charge in [0.05, 0.1) is 25.8 Å². The first-order valence-electron chi connectivity index (χ1n) is 10.0. The summed E-state index contributed by atoms with van der Waals surface area (Å²) in [6.45, 7) is 2.58. The molecule has 0 bridgehead atoms. The minimum atomic E-state index is -0.651. The first-order valence-corrected chi connectivity index (χ1v) is 10.0. The lowest BCUT2D eigenvalue weighted by Crippen LogP contribution is -2.48. The number of amides is 1. The van der Waals surface area contributed by atoms with Crippen LogP contribution in [-0.4, -0.2) is 42.6 Å². The Hall–Kier alpha value is -2.26. The quantitative estimate of drug-likeness (QED) is 0.883. The van der Waals surface area contributed by atoms with Gasteiger partial charge < -0.3 is 14.8 Å². The second kappa shape index (κ2) is 7.77. The molecule has 1 saturated carbocycles. The Bertz CT molecular complexity index is 737. The van der Waals surface area contributed by atoms with Crippen molar-refractivity contribution in [2.75, 3.05) is 26.3 Å². The summed E-state index contributed by atoms with van der Waals surface area (Å²) in [6, 6.07) is 8.67. The van der Waals surface area contributed by atoms with Gasteiger partial charge in [-0.25, -0.2) is 0 Å². The molecule has 2 aliphatic heterocycles. The van der Waals surface area contributed by atoms with E-state index in [1.54, 1.807) is 0 Å². The topological polar surface area (TPSA) is 74.6 Å². The van der Waals surface area contributed by atoms with Crippen LogP contribution in [-0.2, 0) is 4.79 Å². The van der Waals surface area contributed by atoms with Crippen molar-refractivity contribution in [1.29, 1.82) is 5.26 Å². The van der Waals surface area contributed by atoms with Crippen molar-refractivity contribution in [3.8, 4) is 17.6 Å². The van der Waals surface area contributed by atoms with Gasteiger partial charge in [0.25, 0.3) is 0 Å². The molecule has 0 unspecified atom stereocenters. The zero-order chi connectivity index (χ0) is 18.7. The standard InChI is InChI=1S/C21H27N3O3/c22-15-21(8-1-2-9-21)23-20(25)14-24-10-3-5-17(24)16-6-7-18-19(13-16)27-12-4-11-26-18/h6-7,13,17H,1-5,8-12,14H2,(H,23,25)/t17-/m0/s1. The van der Waals surface area contributed by atoms with Crippen LogP contribution in [0.5, 0.6) is 11.5 Å². The van der Waals surface area contributed by atoms with Crippen LogP contribution in [0.1, 0.15) is 56.6 Å². The van der Waals surface area contributed by atoms with Gasteiger partial charge in [-0.1, -0.05) is 6.07 Å². The molecular formula is C21H27N3O3. The second-order valence-corrected chi connectivity index (χ2v) is 7.83. The molecule has 2 heterocycles. The second-order valence-electron chi connectivity index (χ2n) is 7.83. The van der Waals surface area contributed by atoms with Gasteiger partial charge >= 0.3 is 0 Å². The molecule has 6 heteroatoms. The van der Waals surface area contributed by atoms with E-state index >= 15 is 0 Å². The van der Waals surface area contributed by atoms with Crippen LogP contribution >= 0.6 is 0 Å². The molecule has 6 nitrogen and oxygen atoms in total. The molecule has 1 amide bonds. The maximum absolute atomic E-state index is 12.6. The third-order valence-corrected chi connectivity index (χ3v) is 5.92. The highest BCUT2D eigenvalue weighted by atomic mass is 16.5. The molecule has 2 fully saturated rings. The molecular weight excluding hydrogens is 342 g/mol. The molecule has 1 N–H and O–H groups in total. The summed E-state index contributed by atoms with van der Waals surface area (Å²) in [6.07, 6.45) is 6.53. The zero-order valence-corrected chi connectivity index (χ0v) is 15.7. The van der Waals surface area contributed by atoms with E-state index in [4.69, 9.17) is 9.47 Å². The average Bonchev–Trinajstić information content (AvgIpc) is 3.26. The number of likely N-dealkylation sites (tertiary alicyclic amines) is 1. The van der Waals surface area contributed by atoms with Gasteiger partial charge in [0, 0.05) is 12.5 Å². The van der Waals surface area contributed by atoms with E-state index in [-0.39, 0.29) is 11.9 Å². The lowest BCUT2D eigenvalue weighted by atomic mass is 10.00. The highest BCUT2D eigenvalue weighted by Crippen LogP contribution is 2.38. The largest absolute Gasteiger partial charge is 0.490 e. The SMILES string of the molecule is N#CC1(NC(=O)CN2CCC[C@H]2c2ccc3c(c2)OCCCO3)CCCC1. The Morgan fingerprint density at radius 3 is 2.74 bits per heavy atom. The molecule has 1 aromatic carbocycles. The predicted molar refractivity (Wildman–Crippen MR) is 101 cm³/mol. The highest BCUT2D eigenvalue weighted by Gasteiger charge is 2.36. The van der Waals surface area contributed by atoms with E-state index in [1.165, 1.54) is 5.56 Å². The van der Waals surface area contributed by atoms with Crippen molar-refractivity contribution in [2.45, 2.75) is 56.5 Å². The summed E-state index contributed by atoms with van der Waals surface area (Å²) in [5.41, 5.74) is 0.516. The van der Waals surface area contributed by atoms with Gasteiger partial charge in [-0.05, 0) is 62.8 Å². The Morgan fingerprint density at radius 2 is 1.96 bits per heavy atom. The lowest BCUT2D eigenvalue weighted by molar-refractivity contribution is -0.123. The van der Waals surface area contributed by atoms with Crippen LogP contribution < -0.4 is 14.8 Å².